The minimum absolute atomic E-state index is 0.00725. The van der Waals surface area contributed by atoms with Crippen molar-refractivity contribution in [3.63, 3.8) is 0 Å². The number of aromatic nitrogens is 2. The smallest absolute Gasteiger partial charge is 0.246 e. The van der Waals surface area contributed by atoms with Crippen LogP contribution < -0.4 is 5.32 Å². The number of amides is 1. The van der Waals surface area contributed by atoms with Crippen LogP contribution in [0.3, 0.4) is 0 Å². The molecule has 0 saturated heterocycles. The van der Waals surface area contributed by atoms with E-state index in [1.165, 1.54) is 28.7 Å². The van der Waals surface area contributed by atoms with Crippen LogP contribution in [-0.4, -0.2) is 41.5 Å². The second-order valence-electron chi connectivity index (χ2n) is 7.93. The first-order valence-electron chi connectivity index (χ1n) is 10.0. The molecule has 0 radical (unpaired) electrons. The maximum Gasteiger partial charge on any atom is 0.246 e. The molecule has 0 bridgehead atoms. The second kappa shape index (κ2) is 8.71. The van der Waals surface area contributed by atoms with Crippen LogP contribution in [0.2, 0.25) is 0 Å². The van der Waals surface area contributed by atoms with Crippen LogP contribution >= 0.6 is 0 Å². The van der Waals surface area contributed by atoms with Gasteiger partial charge in [0.05, 0.1) is 24.2 Å². The summed E-state index contributed by atoms with van der Waals surface area (Å²) in [7, 11) is -2.26. The molecular formula is C20H30N4O4S. The normalized spacial score (nSPS) is 20.2. The third-order valence-corrected chi connectivity index (χ3v) is 7.75. The quantitative estimate of drug-likeness (QED) is 0.740. The Hall–Kier alpha value is -2.13. The summed E-state index contributed by atoms with van der Waals surface area (Å²) in [6, 6.07) is 3.62. The van der Waals surface area contributed by atoms with Gasteiger partial charge in [0.1, 0.15) is 17.2 Å². The molecular weight excluding hydrogens is 392 g/mol. The number of hydrogen-bond acceptors (Lipinski definition) is 5. The number of furan rings is 1. The fraction of sp³-hybridized carbons (Fsp3) is 0.600. The highest BCUT2D eigenvalue weighted by Gasteiger charge is 2.30. The van der Waals surface area contributed by atoms with E-state index in [1.54, 1.807) is 26.0 Å². The fourth-order valence-corrected chi connectivity index (χ4v) is 5.49. The van der Waals surface area contributed by atoms with Crippen molar-refractivity contribution in [2.75, 3.05) is 7.05 Å². The van der Waals surface area contributed by atoms with Crippen molar-refractivity contribution >= 4 is 15.9 Å². The zero-order valence-electron chi connectivity index (χ0n) is 17.5. The van der Waals surface area contributed by atoms with Gasteiger partial charge in [-0.05, 0) is 44.7 Å². The van der Waals surface area contributed by atoms with E-state index in [4.69, 9.17) is 4.42 Å². The summed E-state index contributed by atoms with van der Waals surface area (Å²) in [6.45, 7) is 5.63. The summed E-state index contributed by atoms with van der Waals surface area (Å²) >= 11 is 0. The van der Waals surface area contributed by atoms with E-state index in [0.29, 0.717) is 23.1 Å². The topological polar surface area (TPSA) is 97.4 Å². The van der Waals surface area contributed by atoms with Gasteiger partial charge in [-0.1, -0.05) is 19.8 Å². The van der Waals surface area contributed by atoms with Gasteiger partial charge in [-0.3, -0.25) is 9.48 Å². The summed E-state index contributed by atoms with van der Waals surface area (Å²) in [5.74, 6) is 0.876. The Bertz CT molecular complexity index is 950. The van der Waals surface area contributed by atoms with E-state index in [9.17, 15) is 13.2 Å². The molecule has 3 rings (SSSR count). The number of carbonyl (C=O) groups excluding carboxylic acids is 1. The van der Waals surface area contributed by atoms with Gasteiger partial charge >= 0.3 is 0 Å². The molecule has 1 aliphatic rings. The lowest BCUT2D eigenvalue weighted by atomic mass is 9.86. The molecule has 1 amide bonds. The molecule has 1 aliphatic carbocycles. The zero-order chi connectivity index (χ0) is 21.2. The molecule has 160 valence electrons. The Morgan fingerprint density at radius 3 is 2.72 bits per heavy atom. The highest BCUT2D eigenvalue weighted by Crippen LogP contribution is 2.25. The molecule has 1 N–H and O–H groups in total. The van der Waals surface area contributed by atoms with Crippen molar-refractivity contribution in [3.8, 4) is 0 Å². The molecule has 0 unspecified atom stereocenters. The predicted molar refractivity (Wildman–Crippen MR) is 109 cm³/mol. The van der Waals surface area contributed by atoms with Gasteiger partial charge in [0.25, 0.3) is 0 Å². The Labute approximate surface area is 172 Å². The van der Waals surface area contributed by atoms with Crippen molar-refractivity contribution in [2.24, 2.45) is 5.92 Å². The SMILES string of the molecule is Cc1nn(CC(=O)N[C@H]2CCCC[C@@H]2C)c(C)c1S(=O)(=O)N(C)Cc1ccco1. The molecule has 8 nitrogen and oxygen atoms in total. The molecule has 0 aliphatic heterocycles. The standard InChI is InChI=1S/C20H30N4O4S/c1-14-8-5-6-10-18(14)21-19(25)13-24-16(3)20(15(2)22-24)29(26,27)23(4)12-17-9-7-11-28-17/h7,9,11,14,18H,5-6,8,10,12-13H2,1-4H3,(H,21,25)/t14-,18-/m0/s1. The molecule has 29 heavy (non-hydrogen) atoms. The lowest BCUT2D eigenvalue weighted by Crippen LogP contribution is -2.42. The van der Waals surface area contributed by atoms with Crippen molar-refractivity contribution in [1.29, 1.82) is 0 Å². The van der Waals surface area contributed by atoms with E-state index in [0.717, 1.165) is 19.3 Å². The Morgan fingerprint density at radius 2 is 2.07 bits per heavy atom. The number of hydrogen-bond donors (Lipinski definition) is 1. The lowest BCUT2D eigenvalue weighted by molar-refractivity contribution is -0.123. The Morgan fingerprint density at radius 1 is 1.34 bits per heavy atom. The Kier molecular flexibility index (Phi) is 6.48. The monoisotopic (exact) mass is 422 g/mol. The summed E-state index contributed by atoms with van der Waals surface area (Å²) < 4.78 is 34.1. The number of nitrogens with zero attached hydrogens (tertiary/aromatic N) is 3. The van der Waals surface area contributed by atoms with Crippen molar-refractivity contribution in [1.82, 2.24) is 19.4 Å². The van der Waals surface area contributed by atoms with Gasteiger partial charge in [0, 0.05) is 13.1 Å². The summed E-state index contributed by atoms with van der Waals surface area (Å²) in [4.78, 5) is 12.7. The summed E-state index contributed by atoms with van der Waals surface area (Å²) in [5, 5.41) is 7.43. The first-order valence-corrected chi connectivity index (χ1v) is 11.5. The first kappa shape index (κ1) is 21.6. The van der Waals surface area contributed by atoms with E-state index in [1.807, 2.05) is 0 Å². The van der Waals surface area contributed by atoms with Crippen LogP contribution in [0.25, 0.3) is 0 Å². The summed E-state index contributed by atoms with van der Waals surface area (Å²) in [5.41, 5.74) is 0.841. The van der Waals surface area contributed by atoms with Gasteiger partial charge in [0.2, 0.25) is 15.9 Å². The zero-order valence-corrected chi connectivity index (χ0v) is 18.3. The minimum Gasteiger partial charge on any atom is -0.468 e. The average molecular weight is 423 g/mol. The van der Waals surface area contributed by atoms with E-state index in [-0.39, 0.29) is 29.9 Å². The highest BCUT2D eigenvalue weighted by molar-refractivity contribution is 7.89. The van der Waals surface area contributed by atoms with E-state index < -0.39 is 10.0 Å². The predicted octanol–water partition coefficient (Wildman–Crippen LogP) is 2.61. The van der Waals surface area contributed by atoms with Crippen LogP contribution in [-0.2, 0) is 27.9 Å². The molecule has 2 atom stereocenters. The van der Waals surface area contributed by atoms with E-state index >= 15 is 0 Å². The van der Waals surface area contributed by atoms with Crippen molar-refractivity contribution in [2.45, 2.75) is 70.5 Å². The van der Waals surface area contributed by atoms with Crippen LogP contribution in [0.1, 0.15) is 49.8 Å². The van der Waals surface area contributed by atoms with Gasteiger partial charge in [-0.25, -0.2) is 8.42 Å². The molecule has 2 aromatic heterocycles. The van der Waals surface area contributed by atoms with Crippen molar-refractivity contribution in [3.05, 3.63) is 35.5 Å². The molecule has 1 saturated carbocycles. The lowest BCUT2D eigenvalue weighted by Gasteiger charge is -2.29. The van der Waals surface area contributed by atoms with Gasteiger partial charge in [-0.2, -0.15) is 9.40 Å². The van der Waals surface area contributed by atoms with Crippen LogP contribution in [0, 0.1) is 19.8 Å². The maximum atomic E-state index is 13.1. The van der Waals surface area contributed by atoms with Crippen LogP contribution in [0.15, 0.2) is 27.7 Å². The second-order valence-corrected chi connectivity index (χ2v) is 9.92. The molecule has 0 spiro atoms. The third kappa shape index (κ3) is 4.72. The molecule has 2 heterocycles. The fourth-order valence-electron chi connectivity index (χ4n) is 3.99. The van der Waals surface area contributed by atoms with Gasteiger partial charge in [-0.15, -0.1) is 0 Å². The van der Waals surface area contributed by atoms with Gasteiger partial charge in [0.15, 0.2) is 0 Å². The minimum atomic E-state index is -3.77. The van der Waals surface area contributed by atoms with Crippen LogP contribution in [0.5, 0.6) is 0 Å². The number of aryl methyl sites for hydroxylation is 1. The van der Waals surface area contributed by atoms with Crippen molar-refractivity contribution < 1.29 is 17.6 Å². The molecule has 2 aromatic rings. The van der Waals surface area contributed by atoms with Gasteiger partial charge < -0.3 is 9.73 Å². The Balaban J connectivity index is 1.74. The molecule has 1 fully saturated rings. The van der Waals surface area contributed by atoms with Crippen LogP contribution in [0.4, 0.5) is 0 Å². The average Bonchev–Trinajstić information content (AvgIpc) is 3.25. The summed E-state index contributed by atoms with van der Waals surface area (Å²) in [6.07, 6.45) is 5.95. The largest absolute Gasteiger partial charge is 0.468 e. The van der Waals surface area contributed by atoms with E-state index in [2.05, 4.69) is 17.3 Å². The maximum absolute atomic E-state index is 13.1. The molecule has 0 aromatic carbocycles. The number of rotatable bonds is 7. The highest BCUT2D eigenvalue weighted by atomic mass is 32.2. The molecule has 9 heteroatoms. The first-order chi connectivity index (χ1) is 13.7. The number of sulfonamides is 1. The number of nitrogens with one attached hydrogen (secondary N) is 1. The third-order valence-electron chi connectivity index (χ3n) is 5.69. The number of carbonyl (C=O) groups is 1.